The number of carbonyl (C=O) groups is 1. The van der Waals surface area contributed by atoms with E-state index in [1.54, 1.807) is 6.07 Å². The van der Waals surface area contributed by atoms with Gasteiger partial charge in [-0.2, -0.15) is 18.4 Å². The first-order valence-electron chi connectivity index (χ1n) is 6.28. The molecule has 2 heterocycles. The maximum absolute atomic E-state index is 12.5. The lowest BCUT2D eigenvalue weighted by atomic mass is 9.88. The number of alkyl halides is 3. The summed E-state index contributed by atoms with van der Waals surface area (Å²) in [5, 5.41) is 8.47. The molecule has 2 aliphatic heterocycles. The van der Waals surface area contributed by atoms with Crippen molar-refractivity contribution in [1.82, 2.24) is 4.90 Å². The van der Waals surface area contributed by atoms with Crippen LogP contribution >= 0.6 is 0 Å². The van der Waals surface area contributed by atoms with Gasteiger partial charge in [0.2, 0.25) is 5.91 Å². The quantitative estimate of drug-likeness (QED) is 0.787. The highest BCUT2D eigenvalue weighted by atomic mass is 19.4. The number of ether oxygens (including phenoxy) is 1. The Balaban J connectivity index is 2.01. The molecule has 0 aromatic carbocycles. The van der Waals surface area contributed by atoms with Crippen LogP contribution in [0.5, 0.6) is 0 Å². The van der Waals surface area contributed by atoms with Crippen LogP contribution in [-0.2, 0) is 9.53 Å². The molecule has 1 amide bonds. The molecule has 0 radical (unpaired) electrons. The molecule has 0 N–H and O–H groups in total. The fraction of sp³-hybridized carbons (Fsp3) is 0.833. The highest BCUT2D eigenvalue weighted by molar-refractivity contribution is 5.80. The van der Waals surface area contributed by atoms with Gasteiger partial charge in [0, 0.05) is 6.54 Å². The molecule has 2 aliphatic rings. The maximum atomic E-state index is 12.5. The lowest BCUT2D eigenvalue weighted by Crippen LogP contribution is -2.44. The van der Waals surface area contributed by atoms with E-state index < -0.39 is 24.5 Å². The molecule has 2 rings (SSSR count). The van der Waals surface area contributed by atoms with Crippen LogP contribution < -0.4 is 0 Å². The van der Waals surface area contributed by atoms with Crippen molar-refractivity contribution in [2.45, 2.75) is 44.1 Å². The molecule has 0 saturated carbocycles. The average Bonchev–Trinajstić information content (AvgIpc) is 2.94. The summed E-state index contributed by atoms with van der Waals surface area (Å²) in [6.45, 7) is -1.47. The first-order valence-corrected chi connectivity index (χ1v) is 6.28. The van der Waals surface area contributed by atoms with Crippen molar-refractivity contribution in [3.63, 3.8) is 0 Å². The van der Waals surface area contributed by atoms with E-state index in [4.69, 9.17) is 10.00 Å². The van der Waals surface area contributed by atoms with Gasteiger partial charge in [-0.25, -0.2) is 0 Å². The Morgan fingerprint density at radius 2 is 2.16 bits per heavy atom. The second-order valence-electron chi connectivity index (χ2n) is 5.00. The van der Waals surface area contributed by atoms with Crippen molar-refractivity contribution in [2.75, 3.05) is 13.1 Å². The van der Waals surface area contributed by atoms with Crippen LogP contribution in [0.4, 0.5) is 13.2 Å². The van der Waals surface area contributed by atoms with Crippen molar-refractivity contribution in [1.29, 1.82) is 5.26 Å². The van der Waals surface area contributed by atoms with Gasteiger partial charge in [-0.05, 0) is 19.3 Å². The number of rotatable bonds is 4. The molecular formula is C12H15F3N2O2. The van der Waals surface area contributed by atoms with Gasteiger partial charge in [0.05, 0.1) is 30.6 Å². The summed E-state index contributed by atoms with van der Waals surface area (Å²) in [6.07, 6.45) is -2.64. The molecule has 0 aliphatic carbocycles. The number of halogens is 3. The van der Waals surface area contributed by atoms with Crippen LogP contribution in [0, 0.1) is 17.2 Å². The van der Waals surface area contributed by atoms with E-state index >= 15 is 0 Å². The third-order valence-corrected chi connectivity index (χ3v) is 3.60. The molecule has 19 heavy (non-hydrogen) atoms. The molecule has 0 spiro atoms. The molecule has 2 bridgehead atoms. The van der Waals surface area contributed by atoms with Gasteiger partial charge >= 0.3 is 6.18 Å². The van der Waals surface area contributed by atoms with Gasteiger partial charge in [0.1, 0.15) is 6.54 Å². The summed E-state index contributed by atoms with van der Waals surface area (Å²) >= 11 is 0. The van der Waals surface area contributed by atoms with Crippen molar-refractivity contribution in [3.8, 4) is 6.07 Å². The zero-order valence-corrected chi connectivity index (χ0v) is 10.3. The van der Waals surface area contributed by atoms with Crippen LogP contribution in [0.3, 0.4) is 0 Å². The van der Waals surface area contributed by atoms with Gasteiger partial charge in [0.25, 0.3) is 0 Å². The number of hydrogen-bond donors (Lipinski definition) is 0. The minimum absolute atomic E-state index is 0.0163. The number of fused-ring (bicyclic) bond motifs is 2. The van der Waals surface area contributed by atoms with Crippen molar-refractivity contribution in [3.05, 3.63) is 0 Å². The zero-order chi connectivity index (χ0) is 14.0. The van der Waals surface area contributed by atoms with Gasteiger partial charge in [-0.1, -0.05) is 0 Å². The summed E-state index contributed by atoms with van der Waals surface area (Å²) in [7, 11) is 0. The zero-order valence-electron chi connectivity index (χ0n) is 10.3. The Labute approximate surface area is 109 Å². The highest BCUT2D eigenvalue weighted by Crippen LogP contribution is 2.39. The van der Waals surface area contributed by atoms with Crippen LogP contribution in [0.1, 0.15) is 25.7 Å². The molecule has 2 saturated heterocycles. The number of nitriles is 1. The van der Waals surface area contributed by atoms with E-state index in [9.17, 15) is 18.0 Å². The molecule has 4 nitrogen and oxygen atoms in total. The molecule has 2 fully saturated rings. The Kier molecular flexibility index (Phi) is 3.99. The summed E-state index contributed by atoms with van der Waals surface area (Å²) < 4.78 is 42.9. The summed E-state index contributed by atoms with van der Waals surface area (Å²) in [4.78, 5) is 12.9. The van der Waals surface area contributed by atoms with E-state index in [1.165, 1.54) is 0 Å². The van der Waals surface area contributed by atoms with E-state index in [0.29, 0.717) is 6.42 Å². The third kappa shape index (κ3) is 3.38. The fourth-order valence-corrected chi connectivity index (χ4v) is 2.80. The summed E-state index contributed by atoms with van der Waals surface area (Å²) in [5.41, 5.74) is 0. The first-order chi connectivity index (χ1) is 8.90. The molecule has 0 aromatic heterocycles. The van der Waals surface area contributed by atoms with Crippen LogP contribution in [0.25, 0.3) is 0 Å². The Morgan fingerprint density at radius 3 is 2.63 bits per heavy atom. The average molecular weight is 276 g/mol. The van der Waals surface area contributed by atoms with E-state index in [1.807, 2.05) is 0 Å². The largest absolute Gasteiger partial charge is 0.406 e. The Bertz CT molecular complexity index is 391. The van der Waals surface area contributed by atoms with Crippen LogP contribution in [-0.4, -0.2) is 42.3 Å². The maximum Gasteiger partial charge on any atom is 0.406 e. The molecule has 106 valence electrons. The van der Waals surface area contributed by atoms with Gasteiger partial charge in [-0.3, -0.25) is 4.79 Å². The number of nitrogens with zero attached hydrogens (tertiary/aromatic N) is 2. The second-order valence-corrected chi connectivity index (χ2v) is 5.00. The molecular weight excluding hydrogens is 261 g/mol. The minimum Gasteiger partial charge on any atom is -0.374 e. The SMILES string of the molecule is N#CCCN(CC(F)(F)F)C(=O)C1CC2CCC1O2. The van der Waals surface area contributed by atoms with Gasteiger partial charge < -0.3 is 9.64 Å². The number of carbonyl (C=O) groups excluding carboxylic acids is 1. The normalized spacial score (nSPS) is 29.3. The van der Waals surface area contributed by atoms with E-state index in [2.05, 4.69) is 0 Å². The minimum atomic E-state index is -4.44. The first kappa shape index (κ1) is 14.1. The third-order valence-electron chi connectivity index (χ3n) is 3.60. The predicted octanol–water partition coefficient (Wildman–Crippen LogP) is 1.86. The van der Waals surface area contributed by atoms with E-state index in [-0.39, 0.29) is 25.2 Å². The lowest BCUT2D eigenvalue weighted by molar-refractivity contribution is -0.164. The molecule has 3 atom stereocenters. The van der Waals surface area contributed by atoms with Crippen LogP contribution in [0.15, 0.2) is 0 Å². The predicted molar refractivity (Wildman–Crippen MR) is 58.9 cm³/mol. The van der Waals surface area contributed by atoms with Gasteiger partial charge in [0.15, 0.2) is 0 Å². The smallest absolute Gasteiger partial charge is 0.374 e. The lowest BCUT2D eigenvalue weighted by Gasteiger charge is -2.28. The molecule has 7 heteroatoms. The Hall–Kier alpha value is -1.29. The van der Waals surface area contributed by atoms with E-state index in [0.717, 1.165) is 17.7 Å². The Morgan fingerprint density at radius 1 is 1.42 bits per heavy atom. The van der Waals surface area contributed by atoms with Gasteiger partial charge in [-0.15, -0.1) is 0 Å². The standard InChI is InChI=1S/C12H15F3N2O2/c13-12(14,15)7-17(5-1-4-16)11(18)9-6-8-2-3-10(9)19-8/h8-10H,1-3,5-7H2. The molecule has 3 unspecified atom stereocenters. The van der Waals surface area contributed by atoms with Crippen LogP contribution in [0.2, 0.25) is 0 Å². The van der Waals surface area contributed by atoms with Crippen molar-refractivity contribution in [2.24, 2.45) is 5.92 Å². The summed E-state index contributed by atoms with van der Waals surface area (Å²) in [6, 6.07) is 1.77. The molecule has 0 aromatic rings. The topological polar surface area (TPSA) is 53.3 Å². The van der Waals surface area contributed by atoms with Crippen molar-refractivity contribution >= 4 is 5.91 Å². The number of hydrogen-bond acceptors (Lipinski definition) is 3. The number of amides is 1. The monoisotopic (exact) mass is 276 g/mol. The van der Waals surface area contributed by atoms with Crippen molar-refractivity contribution < 1.29 is 22.7 Å². The second kappa shape index (κ2) is 5.37. The fourth-order valence-electron chi connectivity index (χ4n) is 2.80. The highest BCUT2D eigenvalue weighted by Gasteiger charge is 2.46. The summed E-state index contributed by atoms with van der Waals surface area (Å²) in [5.74, 6) is -1.00.